The van der Waals surface area contributed by atoms with Gasteiger partial charge in [-0.05, 0) is 0 Å². The van der Waals surface area contributed by atoms with Crippen molar-refractivity contribution in [3.05, 3.63) is 22.4 Å². The van der Waals surface area contributed by atoms with E-state index in [2.05, 4.69) is 15.1 Å². The maximum Gasteiger partial charge on any atom is 0.284 e. The maximum absolute atomic E-state index is 11.3. The number of alkyl halides is 1. The van der Waals surface area contributed by atoms with Crippen molar-refractivity contribution < 1.29 is 0 Å². The minimum atomic E-state index is -0.294. The second-order valence-electron chi connectivity index (χ2n) is 2.65. The zero-order valence-corrected chi connectivity index (χ0v) is 7.67. The van der Waals surface area contributed by atoms with Gasteiger partial charge in [-0.25, -0.2) is 0 Å². The van der Waals surface area contributed by atoms with Gasteiger partial charge in [0.1, 0.15) is 16.9 Å². The van der Waals surface area contributed by atoms with Crippen LogP contribution in [0.5, 0.6) is 0 Å². The Morgan fingerprint density at radius 1 is 1.69 bits per heavy atom. The molecule has 0 fully saturated rings. The topological polar surface area (TPSA) is 63.6 Å². The summed E-state index contributed by atoms with van der Waals surface area (Å²) in [7, 11) is 1.75. The fourth-order valence-corrected chi connectivity index (χ4v) is 1.28. The van der Waals surface area contributed by atoms with Crippen LogP contribution in [-0.4, -0.2) is 19.7 Å². The second kappa shape index (κ2) is 2.85. The molecule has 0 aliphatic rings. The number of nitrogens with one attached hydrogen (secondary N) is 1. The number of rotatable bonds is 1. The molecular formula is C7H7ClN4O. The molecule has 13 heavy (non-hydrogen) atoms. The molecule has 0 radical (unpaired) electrons. The number of hydrogen-bond donors (Lipinski definition) is 1. The van der Waals surface area contributed by atoms with Crippen molar-refractivity contribution in [1.29, 1.82) is 0 Å². The third-order valence-electron chi connectivity index (χ3n) is 1.79. The Morgan fingerprint density at radius 3 is 3.15 bits per heavy atom. The van der Waals surface area contributed by atoms with Gasteiger partial charge in [0.15, 0.2) is 0 Å². The Balaban J connectivity index is 2.88. The molecule has 0 aliphatic carbocycles. The van der Waals surface area contributed by atoms with Crippen LogP contribution in [0.4, 0.5) is 0 Å². The van der Waals surface area contributed by atoms with Crippen molar-refractivity contribution in [2.24, 2.45) is 7.05 Å². The fraction of sp³-hybridized carbons (Fsp3) is 0.286. The van der Waals surface area contributed by atoms with E-state index in [9.17, 15) is 4.79 Å². The molecule has 0 saturated heterocycles. The molecule has 2 aromatic heterocycles. The van der Waals surface area contributed by atoms with E-state index >= 15 is 0 Å². The van der Waals surface area contributed by atoms with E-state index in [1.165, 1.54) is 6.20 Å². The van der Waals surface area contributed by atoms with E-state index in [4.69, 9.17) is 11.6 Å². The number of halogens is 1. The Morgan fingerprint density at radius 2 is 2.46 bits per heavy atom. The summed E-state index contributed by atoms with van der Waals surface area (Å²) in [6.07, 6.45) is 1.49. The van der Waals surface area contributed by atoms with E-state index < -0.39 is 0 Å². The summed E-state index contributed by atoms with van der Waals surface area (Å²) in [5, 5.41) is 4.42. The number of fused-ring (bicyclic) bond motifs is 1. The monoisotopic (exact) mass is 198 g/mol. The van der Waals surface area contributed by atoms with Gasteiger partial charge in [0, 0.05) is 7.05 Å². The Bertz CT molecular complexity index is 501. The average molecular weight is 199 g/mol. The molecule has 0 unspecified atom stereocenters. The van der Waals surface area contributed by atoms with Crippen molar-refractivity contribution in [2.45, 2.75) is 5.88 Å². The van der Waals surface area contributed by atoms with Crippen LogP contribution in [0.3, 0.4) is 0 Å². The highest BCUT2D eigenvalue weighted by Crippen LogP contribution is 2.04. The first-order chi connectivity index (χ1) is 6.22. The Kier molecular flexibility index (Phi) is 1.81. The van der Waals surface area contributed by atoms with E-state index in [1.54, 1.807) is 11.7 Å². The molecule has 0 aromatic carbocycles. The van der Waals surface area contributed by atoms with Gasteiger partial charge in [0.05, 0.1) is 12.1 Å². The highest BCUT2D eigenvalue weighted by Gasteiger charge is 2.06. The molecule has 1 N–H and O–H groups in total. The number of aryl methyl sites for hydroxylation is 1. The van der Waals surface area contributed by atoms with Crippen LogP contribution in [0.25, 0.3) is 11.0 Å². The molecule has 0 amide bonds. The second-order valence-corrected chi connectivity index (χ2v) is 2.92. The summed E-state index contributed by atoms with van der Waals surface area (Å²) in [6.45, 7) is 0. The molecule has 5 nitrogen and oxygen atoms in total. The fourth-order valence-electron chi connectivity index (χ4n) is 1.15. The summed E-state index contributed by atoms with van der Waals surface area (Å²) >= 11 is 5.56. The molecule has 0 atom stereocenters. The number of H-pyrrole nitrogens is 1. The van der Waals surface area contributed by atoms with Crippen LogP contribution < -0.4 is 5.56 Å². The highest BCUT2D eigenvalue weighted by molar-refractivity contribution is 6.16. The number of aromatic amines is 1. The highest BCUT2D eigenvalue weighted by atomic mass is 35.5. The molecule has 0 bridgehead atoms. The number of nitrogens with zero attached hydrogens (tertiary/aromatic N) is 3. The summed E-state index contributed by atoms with van der Waals surface area (Å²) in [5.74, 6) is 0.652. The third kappa shape index (κ3) is 1.21. The van der Waals surface area contributed by atoms with E-state index in [0.29, 0.717) is 16.9 Å². The van der Waals surface area contributed by atoms with Crippen molar-refractivity contribution in [3.63, 3.8) is 0 Å². The zero-order chi connectivity index (χ0) is 9.42. The minimum Gasteiger partial charge on any atom is -0.327 e. The van der Waals surface area contributed by atoms with Crippen LogP contribution in [0.2, 0.25) is 0 Å². The number of aromatic nitrogens is 4. The minimum absolute atomic E-state index is 0.191. The average Bonchev–Trinajstić information content (AvgIpc) is 2.48. The SMILES string of the molecule is Cn1ncc2c(=O)nc(CCl)[nH]c21. The van der Waals surface area contributed by atoms with Gasteiger partial charge in [-0.15, -0.1) is 11.6 Å². The predicted octanol–water partition coefficient (Wildman–Crippen LogP) is 0.395. The first kappa shape index (κ1) is 8.25. The standard InChI is InChI=1S/C7H7ClN4O/c1-12-6-4(3-9-12)7(13)11-5(2-8)10-6/h3H,2H2,1H3,(H,10,11,13). The number of hydrogen-bond acceptors (Lipinski definition) is 3. The smallest absolute Gasteiger partial charge is 0.284 e. The molecule has 2 aromatic rings. The van der Waals surface area contributed by atoms with Crippen molar-refractivity contribution in [3.8, 4) is 0 Å². The van der Waals surface area contributed by atoms with E-state index in [-0.39, 0.29) is 11.4 Å². The summed E-state index contributed by atoms with van der Waals surface area (Å²) in [5.41, 5.74) is 0.355. The Labute approximate surface area is 78.4 Å². The van der Waals surface area contributed by atoms with E-state index in [0.717, 1.165) is 0 Å². The lowest BCUT2D eigenvalue weighted by molar-refractivity contribution is 0.782. The molecule has 0 aliphatic heterocycles. The van der Waals surface area contributed by atoms with Crippen LogP contribution in [0.1, 0.15) is 5.82 Å². The van der Waals surface area contributed by atoms with Crippen LogP contribution >= 0.6 is 11.6 Å². The van der Waals surface area contributed by atoms with Gasteiger partial charge in [-0.3, -0.25) is 9.48 Å². The lowest BCUT2D eigenvalue weighted by Gasteiger charge is -1.96. The molecule has 68 valence electrons. The lowest BCUT2D eigenvalue weighted by atomic mass is 10.4. The molecule has 2 rings (SSSR count). The quantitative estimate of drug-likeness (QED) is 0.675. The summed E-state index contributed by atoms with van der Waals surface area (Å²) in [6, 6.07) is 0. The zero-order valence-electron chi connectivity index (χ0n) is 6.91. The van der Waals surface area contributed by atoms with Crippen LogP contribution in [0.15, 0.2) is 11.0 Å². The first-order valence-electron chi connectivity index (χ1n) is 3.69. The van der Waals surface area contributed by atoms with Gasteiger partial charge in [-0.2, -0.15) is 10.1 Å². The van der Waals surface area contributed by atoms with Gasteiger partial charge in [-0.1, -0.05) is 0 Å². The van der Waals surface area contributed by atoms with Crippen molar-refractivity contribution in [1.82, 2.24) is 19.7 Å². The molecule has 6 heteroatoms. The third-order valence-corrected chi connectivity index (χ3v) is 2.05. The summed E-state index contributed by atoms with van der Waals surface area (Å²) in [4.78, 5) is 18.0. The molecule has 0 saturated carbocycles. The first-order valence-corrected chi connectivity index (χ1v) is 4.22. The van der Waals surface area contributed by atoms with Gasteiger partial charge in [0.2, 0.25) is 0 Å². The molecule has 2 heterocycles. The van der Waals surface area contributed by atoms with Crippen molar-refractivity contribution >= 4 is 22.6 Å². The van der Waals surface area contributed by atoms with Crippen molar-refractivity contribution in [2.75, 3.05) is 0 Å². The summed E-state index contributed by atoms with van der Waals surface area (Å²) < 4.78 is 1.58. The van der Waals surface area contributed by atoms with Crippen LogP contribution in [-0.2, 0) is 12.9 Å². The van der Waals surface area contributed by atoms with Crippen LogP contribution in [0, 0.1) is 0 Å². The Hall–Kier alpha value is -1.36. The molecular weight excluding hydrogens is 192 g/mol. The normalized spacial score (nSPS) is 10.9. The predicted molar refractivity (Wildman–Crippen MR) is 48.7 cm³/mol. The van der Waals surface area contributed by atoms with Gasteiger partial charge in [0.25, 0.3) is 5.56 Å². The lowest BCUT2D eigenvalue weighted by Crippen LogP contribution is -2.10. The largest absolute Gasteiger partial charge is 0.327 e. The maximum atomic E-state index is 11.3. The van der Waals surface area contributed by atoms with E-state index in [1.807, 2.05) is 0 Å². The molecule has 0 spiro atoms. The van der Waals surface area contributed by atoms with Gasteiger partial charge >= 0.3 is 0 Å². The van der Waals surface area contributed by atoms with Gasteiger partial charge < -0.3 is 4.98 Å².